The number of carbonyl (C=O) groups is 2. The van der Waals surface area contributed by atoms with Crippen LogP contribution in [0.3, 0.4) is 0 Å². The van der Waals surface area contributed by atoms with Crippen molar-refractivity contribution in [2.75, 3.05) is 19.9 Å². The molecule has 2 aliphatic heterocycles. The molecule has 0 spiro atoms. The second kappa shape index (κ2) is 7.22. The number of hydrogen-bond donors (Lipinski definition) is 1. The van der Waals surface area contributed by atoms with Crippen LogP contribution in [0.25, 0.3) is 0 Å². The van der Waals surface area contributed by atoms with Crippen LogP contribution >= 0.6 is 0 Å². The Morgan fingerprint density at radius 2 is 2.04 bits per heavy atom. The van der Waals surface area contributed by atoms with Crippen LogP contribution in [-0.2, 0) is 10.2 Å². The van der Waals surface area contributed by atoms with Gasteiger partial charge in [0.2, 0.25) is 12.7 Å². The smallest absolute Gasteiger partial charge is 0.290 e. The molecule has 0 radical (unpaired) electrons. The number of amides is 2. The summed E-state index contributed by atoms with van der Waals surface area (Å²) in [6.07, 6.45) is 2.92. The van der Waals surface area contributed by atoms with E-state index in [0.29, 0.717) is 19.5 Å². The van der Waals surface area contributed by atoms with E-state index in [2.05, 4.69) is 19.2 Å². The summed E-state index contributed by atoms with van der Waals surface area (Å²) in [5.74, 6) is 1.36. The number of nitrogens with one attached hydrogen (secondary N) is 1. The highest BCUT2D eigenvalue weighted by Gasteiger charge is 2.36. The first-order valence-corrected chi connectivity index (χ1v) is 9.48. The third-order valence-electron chi connectivity index (χ3n) is 5.41. The molecule has 7 nitrogen and oxygen atoms in total. The monoisotopic (exact) mass is 384 g/mol. The summed E-state index contributed by atoms with van der Waals surface area (Å²) in [5, 5.41) is 3.03. The fourth-order valence-corrected chi connectivity index (χ4v) is 3.67. The molecule has 148 valence electrons. The Morgan fingerprint density at radius 1 is 1.21 bits per heavy atom. The lowest BCUT2D eigenvalue weighted by molar-refractivity contribution is -0.125. The second-order valence-electron chi connectivity index (χ2n) is 7.80. The molecular formula is C21H24N2O5. The lowest BCUT2D eigenvalue weighted by atomic mass is 9.84. The SMILES string of the molecule is CC(C)(CNC(=O)C1CCCN1C(=O)c1ccco1)c1ccc2c(c1)OCO2. The number of carbonyl (C=O) groups excluding carboxylic acids is 2. The molecule has 0 aliphatic carbocycles. The van der Waals surface area contributed by atoms with Gasteiger partial charge in [0.25, 0.3) is 5.91 Å². The van der Waals surface area contributed by atoms with E-state index in [1.807, 2.05) is 18.2 Å². The molecule has 2 aromatic rings. The van der Waals surface area contributed by atoms with Gasteiger partial charge in [-0.05, 0) is 42.7 Å². The maximum atomic E-state index is 12.8. The van der Waals surface area contributed by atoms with Crippen molar-refractivity contribution in [1.82, 2.24) is 10.2 Å². The zero-order valence-electron chi connectivity index (χ0n) is 16.1. The Labute approximate surface area is 163 Å². The zero-order valence-corrected chi connectivity index (χ0v) is 16.1. The molecule has 1 aromatic carbocycles. The van der Waals surface area contributed by atoms with Gasteiger partial charge in [-0.25, -0.2) is 0 Å². The van der Waals surface area contributed by atoms with Gasteiger partial charge in [-0.2, -0.15) is 0 Å². The molecule has 4 rings (SSSR count). The van der Waals surface area contributed by atoms with Crippen molar-refractivity contribution in [3.05, 3.63) is 47.9 Å². The first-order chi connectivity index (χ1) is 13.5. The second-order valence-corrected chi connectivity index (χ2v) is 7.80. The topological polar surface area (TPSA) is 81.0 Å². The quantitative estimate of drug-likeness (QED) is 0.857. The number of benzene rings is 1. The van der Waals surface area contributed by atoms with Gasteiger partial charge in [0.15, 0.2) is 17.3 Å². The van der Waals surface area contributed by atoms with E-state index in [4.69, 9.17) is 13.9 Å². The number of rotatable bonds is 5. The Balaban J connectivity index is 1.41. The van der Waals surface area contributed by atoms with E-state index in [1.54, 1.807) is 17.0 Å². The van der Waals surface area contributed by atoms with Crippen molar-refractivity contribution in [2.45, 2.75) is 38.1 Å². The highest BCUT2D eigenvalue weighted by Crippen LogP contribution is 2.36. The minimum Gasteiger partial charge on any atom is -0.459 e. The molecule has 0 saturated carbocycles. The first-order valence-electron chi connectivity index (χ1n) is 9.48. The molecule has 1 atom stereocenters. The van der Waals surface area contributed by atoms with Crippen LogP contribution in [0.15, 0.2) is 41.0 Å². The molecule has 2 aliphatic rings. The summed E-state index contributed by atoms with van der Waals surface area (Å²) >= 11 is 0. The molecule has 1 saturated heterocycles. The van der Waals surface area contributed by atoms with Crippen molar-refractivity contribution >= 4 is 11.8 Å². The molecule has 7 heteroatoms. The van der Waals surface area contributed by atoms with Crippen molar-refractivity contribution in [3.63, 3.8) is 0 Å². The lowest BCUT2D eigenvalue weighted by Gasteiger charge is -2.28. The zero-order chi connectivity index (χ0) is 19.7. The summed E-state index contributed by atoms with van der Waals surface area (Å²) in [5.41, 5.74) is 0.748. The highest BCUT2D eigenvalue weighted by atomic mass is 16.7. The van der Waals surface area contributed by atoms with Crippen LogP contribution in [0.2, 0.25) is 0 Å². The number of likely N-dealkylation sites (tertiary alicyclic amines) is 1. The number of hydrogen-bond acceptors (Lipinski definition) is 5. The molecule has 0 bridgehead atoms. The van der Waals surface area contributed by atoms with Gasteiger partial charge < -0.3 is 24.1 Å². The van der Waals surface area contributed by atoms with Crippen LogP contribution < -0.4 is 14.8 Å². The van der Waals surface area contributed by atoms with Gasteiger partial charge in [-0.3, -0.25) is 9.59 Å². The minimum atomic E-state index is -0.467. The summed E-state index contributed by atoms with van der Waals surface area (Å²) < 4.78 is 16.0. The van der Waals surface area contributed by atoms with E-state index in [0.717, 1.165) is 23.5 Å². The largest absolute Gasteiger partial charge is 0.459 e. The van der Waals surface area contributed by atoms with Crippen LogP contribution in [-0.4, -0.2) is 42.6 Å². The van der Waals surface area contributed by atoms with Gasteiger partial charge in [0.05, 0.1) is 6.26 Å². The lowest BCUT2D eigenvalue weighted by Crippen LogP contribution is -2.48. The Bertz CT molecular complexity index is 875. The maximum absolute atomic E-state index is 12.8. The highest BCUT2D eigenvalue weighted by molar-refractivity contribution is 5.96. The van der Waals surface area contributed by atoms with E-state index >= 15 is 0 Å². The molecular weight excluding hydrogens is 360 g/mol. The summed E-state index contributed by atoms with van der Waals surface area (Å²) in [7, 11) is 0. The predicted molar refractivity (Wildman–Crippen MR) is 101 cm³/mol. The number of nitrogens with zero attached hydrogens (tertiary/aromatic N) is 1. The van der Waals surface area contributed by atoms with Gasteiger partial charge in [0.1, 0.15) is 6.04 Å². The predicted octanol–water partition coefficient (Wildman–Crippen LogP) is 2.71. The van der Waals surface area contributed by atoms with Gasteiger partial charge in [-0.1, -0.05) is 19.9 Å². The maximum Gasteiger partial charge on any atom is 0.290 e. The van der Waals surface area contributed by atoms with Crippen LogP contribution in [0.1, 0.15) is 42.8 Å². The fourth-order valence-electron chi connectivity index (χ4n) is 3.67. The normalized spacial score (nSPS) is 18.4. The van der Waals surface area contributed by atoms with Gasteiger partial charge >= 0.3 is 0 Å². The Hall–Kier alpha value is -2.96. The molecule has 1 aromatic heterocycles. The van der Waals surface area contributed by atoms with E-state index in [1.165, 1.54) is 6.26 Å². The van der Waals surface area contributed by atoms with Crippen LogP contribution in [0.5, 0.6) is 11.5 Å². The standard InChI is InChI=1S/C21H24N2O5/c1-21(2,14-7-8-16-18(11-14)28-13-27-16)12-22-19(24)15-5-3-9-23(15)20(25)17-6-4-10-26-17/h4,6-8,10-11,15H,3,5,9,12-13H2,1-2H3,(H,22,24). The van der Waals surface area contributed by atoms with Gasteiger partial charge in [-0.15, -0.1) is 0 Å². The third-order valence-corrected chi connectivity index (χ3v) is 5.41. The van der Waals surface area contributed by atoms with E-state index < -0.39 is 6.04 Å². The Kier molecular flexibility index (Phi) is 4.75. The van der Waals surface area contributed by atoms with Crippen LogP contribution in [0, 0.1) is 0 Å². The summed E-state index contributed by atoms with van der Waals surface area (Å²) in [6, 6.07) is 8.66. The van der Waals surface area contributed by atoms with Crippen molar-refractivity contribution < 1.29 is 23.5 Å². The number of furan rings is 1. The van der Waals surface area contributed by atoms with Crippen molar-refractivity contribution in [2.24, 2.45) is 0 Å². The van der Waals surface area contributed by atoms with Crippen LogP contribution in [0.4, 0.5) is 0 Å². The molecule has 3 heterocycles. The molecule has 1 N–H and O–H groups in total. The number of fused-ring (bicyclic) bond motifs is 1. The number of ether oxygens (including phenoxy) is 2. The molecule has 28 heavy (non-hydrogen) atoms. The molecule has 1 unspecified atom stereocenters. The minimum absolute atomic E-state index is 0.133. The van der Waals surface area contributed by atoms with E-state index in [-0.39, 0.29) is 29.8 Å². The average molecular weight is 384 g/mol. The Morgan fingerprint density at radius 3 is 2.82 bits per heavy atom. The van der Waals surface area contributed by atoms with Gasteiger partial charge in [0, 0.05) is 18.5 Å². The third kappa shape index (κ3) is 3.44. The van der Waals surface area contributed by atoms with Crippen molar-refractivity contribution in [1.29, 1.82) is 0 Å². The fraction of sp³-hybridized carbons (Fsp3) is 0.429. The molecule has 1 fully saturated rings. The summed E-state index contributed by atoms with van der Waals surface area (Å²) in [4.78, 5) is 27.0. The van der Waals surface area contributed by atoms with E-state index in [9.17, 15) is 9.59 Å². The molecule has 2 amide bonds. The average Bonchev–Trinajstić information content (AvgIpc) is 3.45. The van der Waals surface area contributed by atoms with Crippen molar-refractivity contribution in [3.8, 4) is 11.5 Å². The first kappa shape index (κ1) is 18.4. The summed E-state index contributed by atoms with van der Waals surface area (Å²) in [6.45, 7) is 5.36.